The van der Waals surface area contributed by atoms with Gasteiger partial charge in [-0.25, -0.2) is 0 Å². The predicted octanol–water partition coefficient (Wildman–Crippen LogP) is 6.19. The van der Waals surface area contributed by atoms with Crippen LogP contribution in [-0.2, 0) is 17.4 Å². The number of halogens is 2. The molecule has 0 saturated heterocycles. The van der Waals surface area contributed by atoms with E-state index in [0.717, 1.165) is 6.42 Å². The zero-order valence-electron chi connectivity index (χ0n) is 15.3. The summed E-state index contributed by atoms with van der Waals surface area (Å²) in [6.07, 6.45) is 10.8. The van der Waals surface area contributed by atoms with Crippen molar-refractivity contribution in [2.75, 3.05) is 0 Å². The summed E-state index contributed by atoms with van der Waals surface area (Å²) < 4.78 is 7.59. The predicted molar refractivity (Wildman–Crippen MR) is 119 cm³/mol. The fourth-order valence-electron chi connectivity index (χ4n) is 4.25. The normalized spacial score (nSPS) is 18.3. The van der Waals surface area contributed by atoms with Gasteiger partial charge in [-0.05, 0) is 0 Å². The number of benzene rings is 2. The summed E-state index contributed by atoms with van der Waals surface area (Å²) in [5.41, 5.74) is 5.77. The first-order valence-electron chi connectivity index (χ1n) is 8.76. The molecular formula is C22H26Cl2SiZr. The second-order valence-electron chi connectivity index (χ2n) is 8.15. The first kappa shape index (κ1) is 21.6. The Balaban J connectivity index is 0.00000121. The number of hydrogen-bond acceptors (Lipinski definition) is 0. The van der Waals surface area contributed by atoms with Crippen molar-refractivity contribution in [1.82, 2.24) is 0 Å². The summed E-state index contributed by atoms with van der Waals surface area (Å²) in [5, 5.41) is 0. The molecule has 0 fully saturated rings. The first-order valence-corrected chi connectivity index (χ1v) is 22.2. The van der Waals surface area contributed by atoms with Crippen molar-refractivity contribution in [1.29, 1.82) is 0 Å². The number of allylic oxidation sites excluding steroid dienone is 5. The molecule has 0 nitrogen and oxygen atoms in total. The fraction of sp³-hybridized carbons (Fsp3) is 0.182. The molecule has 1 atom stereocenters. The van der Waals surface area contributed by atoms with Gasteiger partial charge in [-0.15, -0.1) is 24.8 Å². The molecule has 136 valence electrons. The van der Waals surface area contributed by atoms with Crippen LogP contribution in [0.25, 0.3) is 5.57 Å². The summed E-state index contributed by atoms with van der Waals surface area (Å²) in [6.45, 7) is 2.36. The van der Waals surface area contributed by atoms with Gasteiger partial charge in [0, 0.05) is 0 Å². The van der Waals surface area contributed by atoms with Gasteiger partial charge in [0.05, 0.1) is 0 Å². The van der Waals surface area contributed by atoms with Gasteiger partial charge in [0.15, 0.2) is 0 Å². The van der Waals surface area contributed by atoms with Crippen LogP contribution in [0.5, 0.6) is 0 Å². The maximum absolute atomic E-state index is 3.04. The molecule has 26 heavy (non-hydrogen) atoms. The second kappa shape index (κ2) is 7.76. The molecule has 4 rings (SSSR count). The van der Waals surface area contributed by atoms with Crippen LogP contribution in [0.15, 0.2) is 82.2 Å². The van der Waals surface area contributed by atoms with E-state index in [0.29, 0.717) is 3.63 Å². The zero-order chi connectivity index (χ0) is 16.8. The van der Waals surface area contributed by atoms with E-state index in [4.69, 9.17) is 0 Å². The van der Waals surface area contributed by atoms with Gasteiger partial charge < -0.3 is 0 Å². The topological polar surface area (TPSA) is 0 Å². The molecule has 2 aliphatic rings. The summed E-state index contributed by atoms with van der Waals surface area (Å²) in [4.78, 5) is 0. The number of rotatable bonds is 3. The molecule has 0 amide bonds. The second-order valence-corrected chi connectivity index (χ2v) is 37.9. The standard InChI is InChI=1S/C15H11.C5H5.2CH3.2ClH.H2Si.Zr/c1-2-6-12(7-3-1)15-11-10-13-8-4-5-9-14(13)15;1-2-4-5-3-1;;;;;;/h1-11H;1-3H,4H2;2*1H3;2*1H;1H2;. The molecule has 0 radical (unpaired) electrons. The minimum atomic E-state index is -3.04. The Morgan fingerprint density at radius 2 is 1.58 bits per heavy atom. The van der Waals surface area contributed by atoms with Gasteiger partial charge in [0.1, 0.15) is 0 Å². The van der Waals surface area contributed by atoms with Crippen LogP contribution >= 0.6 is 24.8 Å². The van der Waals surface area contributed by atoms with E-state index in [1.165, 1.54) is 16.7 Å². The van der Waals surface area contributed by atoms with Crippen LogP contribution in [0, 0.1) is 0 Å². The van der Waals surface area contributed by atoms with E-state index in [9.17, 15) is 0 Å². The minimum absolute atomic E-state index is 0. The van der Waals surface area contributed by atoms with Crippen molar-refractivity contribution in [2.24, 2.45) is 0 Å². The third kappa shape index (κ3) is 3.54. The molecule has 0 N–H and O–H groups in total. The molecule has 4 heteroatoms. The van der Waals surface area contributed by atoms with Crippen LogP contribution in [0.4, 0.5) is 0 Å². The quantitative estimate of drug-likeness (QED) is 0.459. The Labute approximate surface area is 171 Å². The first-order chi connectivity index (χ1) is 11.5. The molecule has 0 spiro atoms. The Bertz CT molecular complexity index is 965. The van der Waals surface area contributed by atoms with Gasteiger partial charge in [0.25, 0.3) is 0 Å². The monoisotopic (exact) mass is 478 g/mol. The Hall–Kier alpha value is -0.660. The molecule has 0 saturated carbocycles. The van der Waals surface area contributed by atoms with Crippen molar-refractivity contribution in [2.45, 2.75) is 19.3 Å². The number of hydrogen-bond donors (Lipinski definition) is 0. The van der Waals surface area contributed by atoms with Crippen molar-refractivity contribution in [3.63, 3.8) is 0 Å². The van der Waals surface area contributed by atoms with Crippen molar-refractivity contribution in [3.05, 3.63) is 98.9 Å². The van der Waals surface area contributed by atoms with Gasteiger partial charge in [-0.1, -0.05) is 0 Å². The molecule has 1 unspecified atom stereocenters. The van der Waals surface area contributed by atoms with Crippen LogP contribution in [0.3, 0.4) is 0 Å². The van der Waals surface area contributed by atoms with Gasteiger partial charge in [-0.2, -0.15) is 0 Å². The molecule has 2 aromatic rings. The molecular weight excluding hydrogens is 454 g/mol. The van der Waals surface area contributed by atoms with Gasteiger partial charge in [0.2, 0.25) is 0 Å². The fourth-order valence-corrected chi connectivity index (χ4v) is 17.1. The van der Waals surface area contributed by atoms with E-state index in [-0.39, 0.29) is 24.8 Å². The summed E-state index contributed by atoms with van der Waals surface area (Å²) >= 11 is -3.04. The van der Waals surface area contributed by atoms with Crippen molar-refractivity contribution >= 4 is 37.3 Å². The van der Waals surface area contributed by atoms with Crippen LogP contribution in [0.1, 0.15) is 26.7 Å². The van der Waals surface area contributed by atoms with Crippen molar-refractivity contribution in [3.8, 4) is 0 Å². The molecule has 0 bridgehead atoms. The molecule has 0 aromatic heterocycles. The molecule has 0 aliphatic heterocycles. The van der Waals surface area contributed by atoms with Gasteiger partial charge >= 0.3 is 148 Å². The van der Waals surface area contributed by atoms with E-state index < -0.39 is 17.4 Å². The Morgan fingerprint density at radius 3 is 2.23 bits per heavy atom. The third-order valence-corrected chi connectivity index (χ3v) is 23.3. The summed E-state index contributed by atoms with van der Waals surface area (Å²) in [5.74, 6) is 0. The van der Waals surface area contributed by atoms with E-state index in [1.54, 1.807) is 8.84 Å². The van der Waals surface area contributed by atoms with E-state index in [1.807, 2.05) is 0 Å². The Morgan fingerprint density at radius 1 is 0.923 bits per heavy atom. The van der Waals surface area contributed by atoms with Crippen LogP contribution in [-0.4, -0.2) is 6.88 Å². The van der Waals surface area contributed by atoms with Gasteiger partial charge in [-0.3, -0.25) is 0 Å². The summed E-state index contributed by atoms with van der Waals surface area (Å²) in [7, 11) is 0. The SMILES string of the molecule is Cl.Cl.[CH3][Zr]([CH3])(=[SiH2])([C]1=CC=CC1)[CH]1C=C(c2ccccc2)c2ccccc21. The zero-order valence-corrected chi connectivity index (χ0v) is 20.8. The van der Waals surface area contributed by atoms with E-state index in [2.05, 4.69) is 95.0 Å². The average Bonchev–Trinajstić information content (AvgIpc) is 3.24. The van der Waals surface area contributed by atoms with Crippen LogP contribution in [0.2, 0.25) is 9.26 Å². The molecule has 2 aromatic carbocycles. The number of fused-ring (bicyclic) bond motifs is 1. The van der Waals surface area contributed by atoms with Crippen molar-refractivity contribution < 1.29 is 17.4 Å². The Kier molecular flexibility index (Phi) is 6.46. The third-order valence-electron chi connectivity index (χ3n) is 5.83. The van der Waals surface area contributed by atoms with E-state index >= 15 is 0 Å². The van der Waals surface area contributed by atoms with Crippen LogP contribution < -0.4 is 0 Å². The molecule has 0 heterocycles. The maximum atomic E-state index is 2.63. The molecule has 2 aliphatic carbocycles. The summed E-state index contributed by atoms with van der Waals surface area (Å²) in [6, 6.07) is 19.9. The average molecular weight is 481 g/mol.